The fraction of sp³-hybridized carbons (Fsp3) is 0.625. The van der Waals surface area contributed by atoms with Crippen molar-refractivity contribution in [2.75, 3.05) is 19.6 Å². The minimum absolute atomic E-state index is 0.792. The Balaban J connectivity index is 1.58. The van der Waals surface area contributed by atoms with Gasteiger partial charge in [0.2, 0.25) is 0 Å². The highest BCUT2D eigenvalue weighted by Crippen LogP contribution is 2.16. The Kier molecular flexibility index (Phi) is 6.35. The molecule has 1 aliphatic heterocycles. The summed E-state index contributed by atoms with van der Waals surface area (Å²) in [7, 11) is 0. The molecule has 0 aromatic heterocycles. The van der Waals surface area contributed by atoms with Crippen LogP contribution in [0.1, 0.15) is 38.2 Å². The van der Waals surface area contributed by atoms with Gasteiger partial charge in [-0.2, -0.15) is 0 Å². The molecule has 0 radical (unpaired) electrons. The molecule has 0 amide bonds. The average molecular weight is 325 g/mol. The normalized spacial score (nSPS) is 20.6. The number of benzene rings is 1. The van der Waals surface area contributed by atoms with Gasteiger partial charge < -0.3 is 10.2 Å². The van der Waals surface area contributed by atoms with Gasteiger partial charge in [0.15, 0.2) is 0 Å². The number of hydrogen-bond donors (Lipinski definition) is 1. The topological polar surface area (TPSA) is 15.3 Å². The van der Waals surface area contributed by atoms with E-state index in [2.05, 4.69) is 57.3 Å². The minimum Gasteiger partial charge on any atom is -0.313 e. The Hall–Kier alpha value is -0.380. The molecule has 1 aromatic carbocycles. The van der Waals surface area contributed by atoms with E-state index in [0.29, 0.717) is 0 Å². The number of nitrogens with one attached hydrogen (secondary N) is 1. The summed E-state index contributed by atoms with van der Waals surface area (Å²) < 4.78 is 1.15. The third kappa shape index (κ3) is 5.25. The Bertz CT molecular complexity index is 364. The van der Waals surface area contributed by atoms with Crippen LogP contribution in [-0.2, 0) is 6.54 Å². The number of piperidine rings is 1. The lowest BCUT2D eigenvalue weighted by Crippen LogP contribution is -2.38. The first-order valence-corrected chi connectivity index (χ1v) is 8.24. The lowest BCUT2D eigenvalue weighted by atomic mass is 10.0. The number of rotatable bonds is 6. The van der Waals surface area contributed by atoms with E-state index in [1.165, 1.54) is 44.3 Å². The van der Waals surface area contributed by atoms with Crippen LogP contribution in [0.25, 0.3) is 0 Å². The summed E-state index contributed by atoms with van der Waals surface area (Å²) >= 11 is 3.46. The zero-order valence-corrected chi connectivity index (χ0v) is 13.5. The lowest BCUT2D eigenvalue weighted by molar-refractivity contribution is 0.159. The van der Waals surface area contributed by atoms with Crippen LogP contribution < -0.4 is 5.32 Å². The average Bonchev–Trinajstić information content (AvgIpc) is 2.42. The predicted molar refractivity (Wildman–Crippen MR) is 85.4 cm³/mol. The summed E-state index contributed by atoms with van der Waals surface area (Å²) in [6, 6.07) is 9.34. The molecule has 1 atom stereocenters. The van der Waals surface area contributed by atoms with Crippen molar-refractivity contribution in [2.24, 2.45) is 0 Å². The first-order valence-electron chi connectivity index (χ1n) is 7.45. The summed E-state index contributed by atoms with van der Waals surface area (Å²) in [4.78, 5) is 2.64. The maximum Gasteiger partial charge on any atom is 0.0205 e. The van der Waals surface area contributed by atoms with Crippen LogP contribution in [0, 0.1) is 0 Å². The first-order chi connectivity index (χ1) is 9.25. The molecule has 1 saturated heterocycles. The van der Waals surface area contributed by atoms with Crippen LogP contribution >= 0.6 is 15.9 Å². The smallest absolute Gasteiger partial charge is 0.0205 e. The van der Waals surface area contributed by atoms with E-state index in [1.54, 1.807) is 0 Å². The molecule has 106 valence electrons. The molecular weight excluding hydrogens is 300 g/mol. The van der Waals surface area contributed by atoms with Crippen LogP contribution in [0.4, 0.5) is 0 Å². The summed E-state index contributed by atoms with van der Waals surface area (Å²) in [5, 5.41) is 3.53. The molecule has 1 unspecified atom stereocenters. The molecule has 0 saturated carbocycles. The Morgan fingerprint density at radius 1 is 1.26 bits per heavy atom. The van der Waals surface area contributed by atoms with Crippen LogP contribution in [0.15, 0.2) is 28.7 Å². The SMILES string of the molecule is CC1CCCCN1CCCNCc1ccc(Br)cc1. The first kappa shape index (κ1) is 15.0. The van der Waals surface area contributed by atoms with E-state index in [9.17, 15) is 0 Å². The molecule has 2 rings (SSSR count). The molecule has 0 spiro atoms. The number of likely N-dealkylation sites (tertiary alicyclic amines) is 1. The van der Waals surface area contributed by atoms with E-state index in [4.69, 9.17) is 0 Å². The van der Waals surface area contributed by atoms with Gasteiger partial charge in [-0.25, -0.2) is 0 Å². The third-order valence-electron chi connectivity index (χ3n) is 3.98. The van der Waals surface area contributed by atoms with Crippen molar-refractivity contribution >= 4 is 15.9 Å². The summed E-state index contributed by atoms with van der Waals surface area (Å²) in [6.45, 7) is 7.00. The number of hydrogen-bond acceptors (Lipinski definition) is 2. The molecule has 2 nitrogen and oxygen atoms in total. The highest BCUT2D eigenvalue weighted by atomic mass is 79.9. The van der Waals surface area contributed by atoms with Crippen LogP contribution in [0.5, 0.6) is 0 Å². The van der Waals surface area contributed by atoms with Crippen molar-refractivity contribution in [2.45, 2.75) is 45.2 Å². The highest BCUT2D eigenvalue weighted by molar-refractivity contribution is 9.10. The largest absolute Gasteiger partial charge is 0.313 e. The lowest BCUT2D eigenvalue weighted by Gasteiger charge is -2.33. The molecule has 1 aromatic rings. The van der Waals surface area contributed by atoms with Gasteiger partial charge in [-0.3, -0.25) is 0 Å². The van der Waals surface area contributed by atoms with E-state index in [1.807, 2.05) is 0 Å². The van der Waals surface area contributed by atoms with Crippen molar-refractivity contribution in [1.29, 1.82) is 0 Å². The fourth-order valence-electron chi connectivity index (χ4n) is 2.73. The maximum absolute atomic E-state index is 3.53. The quantitative estimate of drug-likeness (QED) is 0.800. The van der Waals surface area contributed by atoms with Gasteiger partial charge in [0.1, 0.15) is 0 Å². The Labute approximate surface area is 125 Å². The second-order valence-electron chi connectivity index (χ2n) is 5.54. The molecule has 3 heteroatoms. The fourth-order valence-corrected chi connectivity index (χ4v) is 3.00. The zero-order valence-electron chi connectivity index (χ0n) is 11.9. The monoisotopic (exact) mass is 324 g/mol. The molecule has 19 heavy (non-hydrogen) atoms. The van der Waals surface area contributed by atoms with Gasteiger partial charge in [0, 0.05) is 17.1 Å². The van der Waals surface area contributed by atoms with Crippen molar-refractivity contribution < 1.29 is 0 Å². The molecule has 0 bridgehead atoms. The molecule has 1 N–H and O–H groups in total. The number of halogens is 1. The second kappa shape index (κ2) is 8.03. The zero-order chi connectivity index (χ0) is 13.5. The van der Waals surface area contributed by atoms with Crippen molar-refractivity contribution in [3.05, 3.63) is 34.3 Å². The third-order valence-corrected chi connectivity index (χ3v) is 4.51. The predicted octanol–water partition coefficient (Wildman–Crippen LogP) is 3.80. The van der Waals surface area contributed by atoms with Gasteiger partial charge in [0.25, 0.3) is 0 Å². The second-order valence-corrected chi connectivity index (χ2v) is 6.45. The number of nitrogens with zero attached hydrogens (tertiary/aromatic N) is 1. The molecule has 1 fully saturated rings. The summed E-state index contributed by atoms with van der Waals surface area (Å²) in [6.07, 6.45) is 5.43. The van der Waals surface area contributed by atoms with Crippen LogP contribution in [0.3, 0.4) is 0 Å². The van der Waals surface area contributed by atoms with Crippen molar-refractivity contribution in [1.82, 2.24) is 10.2 Å². The van der Waals surface area contributed by atoms with E-state index in [0.717, 1.165) is 23.6 Å². The summed E-state index contributed by atoms with van der Waals surface area (Å²) in [5.41, 5.74) is 1.36. The standard InChI is InChI=1S/C16H25BrN2/c1-14-5-2-3-11-19(14)12-4-10-18-13-15-6-8-16(17)9-7-15/h6-9,14,18H,2-5,10-13H2,1H3. The molecular formula is C16H25BrN2. The van der Waals surface area contributed by atoms with Crippen LogP contribution in [-0.4, -0.2) is 30.6 Å². The van der Waals surface area contributed by atoms with Gasteiger partial charge in [-0.1, -0.05) is 34.5 Å². The molecule has 0 aliphatic carbocycles. The van der Waals surface area contributed by atoms with Gasteiger partial charge in [0.05, 0.1) is 0 Å². The van der Waals surface area contributed by atoms with Gasteiger partial charge >= 0.3 is 0 Å². The Morgan fingerprint density at radius 3 is 2.79 bits per heavy atom. The van der Waals surface area contributed by atoms with Crippen molar-refractivity contribution in [3.63, 3.8) is 0 Å². The summed E-state index contributed by atoms with van der Waals surface area (Å²) in [5.74, 6) is 0. The van der Waals surface area contributed by atoms with Gasteiger partial charge in [-0.05, 0) is 63.5 Å². The maximum atomic E-state index is 3.53. The van der Waals surface area contributed by atoms with Crippen LogP contribution in [0.2, 0.25) is 0 Å². The van der Waals surface area contributed by atoms with E-state index < -0.39 is 0 Å². The van der Waals surface area contributed by atoms with E-state index >= 15 is 0 Å². The molecule has 1 aliphatic rings. The highest BCUT2D eigenvalue weighted by Gasteiger charge is 2.16. The Morgan fingerprint density at radius 2 is 2.05 bits per heavy atom. The van der Waals surface area contributed by atoms with Gasteiger partial charge in [-0.15, -0.1) is 0 Å². The molecule has 1 heterocycles. The van der Waals surface area contributed by atoms with Crippen molar-refractivity contribution in [3.8, 4) is 0 Å². The van der Waals surface area contributed by atoms with E-state index in [-0.39, 0.29) is 0 Å². The minimum atomic E-state index is 0.792.